The monoisotopic (exact) mass is 476 g/mol. The van der Waals surface area contributed by atoms with Gasteiger partial charge in [-0.1, -0.05) is 0 Å². The first kappa shape index (κ1) is 23.4. The summed E-state index contributed by atoms with van der Waals surface area (Å²) in [5.41, 5.74) is 0. The first-order chi connectivity index (χ1) is 10.7. The third kappa shape index (κ3) is 6.71. The van der Waals surface area contributed by atoms with E-state index >= 15 is 0 Å². The maximum Gasteiger partial charge on any atom is 0.241 e. The number of guanidine groups is 1. The summed E-state index contributed by atoms with van der Waals surface area (Å²) in [6.07, 6.45) is 0. The number of nitrogens with zero attached hydrogens (tertiary/aromatic N) is 2. The second-order valence-corrected chi connectivity index (χ2v) is 8.76. The lowest BCUT2D eigenvalue weighted by molar-refractivity contribution is -0.119. The summed E-state index contributed by atoms with van der Waals surface area (Å²) in [5.74, 6) is 0.462. The number of carbonyl (C=O) groups is 1. The summed E-state index contributed by atoms with van der Waals surface area (Å²) >= 11 is 0. The fraction of sp³-hybridized carbons (Fsp3) is 0.857. The molecule has 0 aromatic rings. The number of nitrogens with one attached hydrogen (secondary N) is 2. The quantitative estimate of drug-likeness (QED) is 0.239. The number of ether oxygens (including phenoxy) is 1. The molecule has 0 aromatic heterocycles. The van der Waals surface area contributed by atoms with Crippen LogP contribution in [0.1, 0.15) is 20.8 Å². The van der Waals surface area contributed by atoms with Crippen LogP contribution in [0.3, 0.4) is 0 Å². The van der Waals surface area contributed by atoms with Gasteiger partial charge in [0.05, 0.1) is 17.1 Å². The molecule has 0 spiro atoms. The maximum absolute atomic E-state index is 12.1. The molecule has 1 heterocycles. The topological polar surface area (TPSA) is 100 Å². The Bertz CT molecular complexity index is 537. The van der Waals surface area contributed by atoms with Gasteiger partial charge in [-0.2, -0.15) is 0 Å². The SMILES string of the molecule is CCNC(=NCC(=O)NCCOC)N1CCS(=O)(=O)C(C)(C)C1.I. The van der Waals surface area contributed by atoms with Crippen LogP contribution in [0.5, 0.6) is 0 Å². The van der Waals surface area contributed by atoms with Crippen molar-refractivity contribution in [2.45, 2.75) is 25.5 Å². The van der Waals surface area contributed by atoms with Gasteiger partial charge >= 0.3 is 0 Å². The lowest BCUT2D eigenvalue weighted by Crippen LogP contribution is -2.57. The first-order valence-corrected chi connectivity index (χ1v) is 9.40. The molecule has 0 atom stereocenters. The van der Waals surface area contributed by atoms with Crippen LogP contribution in [0, 0.1) is 0 Å². The Morgan fingerprint density at radius 2 is 2.00 bits per heavy atom. The highest BCUT2D eigenvalue weighted by Gasteiger charge is 2.40. The number of hydrogen-bond acceptors (Lipinski definition) is 5. The van der Waals surface area contributed by atoms with E-state index in [-0.39, 0.29) is 42.2 Å². The van der Waals surface area contributed by atoms with Crippen LogP contribution in [0.2, 0.25) is 0 Å². The fourth-order valence-corrected chi connectivity index (χ4v) is 3.61. The van der Waals surface area contributed by atoms with E-state index in [1.54, 1.807) is 21.0 Å². The molecular formula is C14H29IN4O4S. The van der Waals surface area contributed by atoms with Gasteiger partial charge in [0.25, 0.3) is 0 Å². The third-order valence-electron chi connectivity index (χ3n) is 3.68. The van der Waals surface area contributed by atoms with Crippen molar-refractivity contribution < 1.29 is 17.9 Å². The second-order valence-electron chi connectivity index (χ2n) is 6.01. The largest absolute Gasteiger partial charge is 0.383 e. The molecule has 8 nitrogen and oxygen atoms in total. The van der Waals surface area contributed by atoms with Crippen LogP contribution in [0.4, 0.5) is 0 Å². The summed E-state index contributed by atoms with van der Waals surface area (Å²) in [7, 11) is -1.54. The van der Waals surface area contributed by atoms with Gasteiger partial charge in [-0.15, -0.1) is 24.0 Å². The summed E-state index contributed by atoms with van der Waals surface area (Å²) in [4.78, 5) is 17.9. The Morgan fingerprint density at radius 3 is 2.54 bits per heavy atom. The minimum Gasteiger partial charge on any atom is -0.383 e. The van der Waals surface area contributed by atoms with E-state index in [2.05, 4.69) is 15.6 Å². The Balaban J connectivity index is 0.00000529. The Labute approximate surface area is 161 Å². The molecule has 1 amide bonds. The molecule has 1 aliphatic rings. The summed E-state index contributed by atoms with van der Waals surface area (Å²) in [6, 6.07) is 0. The minimum atomic E-state index is -3.11. The van der Waals surface area contributed by atoms with Crippen molar-refractivity contribution in [3.05, 3.63) is 0 Å². The van der Waals surface area contributed by atoms with Gasteiger partial charge in [0, 0.05) is 33.3 Å². The van der Waals surface area contributed by atoms with Gasteiger partial charge in [-0.05, 0) is 20.8 Å². The number of carbonyl (C=O) groups excluding carboxylic acids is 1. The van der Waals surface area contributed by atoms with E-state index in [9.17, 15) is 13.2 Å². The molecule has 1 rings (SSSR count). The Kier molecular flexibility index (Phi) is 10.1. The van der Waals surface area contributed by atoms with Crippen LogP contribution >= 0.6 is 24.0 Å². The number of aliphatic imine (C=N–C) groups is 1. The number of halogens is 1. The Hall–Kier alpha value is -0.620. The van der Waals surface area contributed by atoms with E-state index in [1.165, 1.54) is 0 Å². The van der Waals surface area contributed by atoms with Crippen LogP contribution in [0.15, 0.2) is 4.99 Å². The minimum absolute atomic E-state index is 0. The first-order valence-electron chi connectivity index (χ1n) is 7.74. The van der Waals surface area contributed by atoms with Crippen LogP contribution < -0.4 is 10.6 Å². The molecule has 24 heavy (non-hydrogen) atoms. The lowest BCUT2D eigenvalue weighted by Gasteiger charge is -2.39. The molecular weight excluding hydrogens is 447 g/mol. The lowest BCUT2D eigenvalue weighted by atomic mass is 10.2. The number of sulfone groups is 1. The number of amides is 1. The van der Waals surface area contributed by atoms with Crippen molar-refractivity contribution in [1.82, 2.24) is 15.5 Å². The highest BCUT2D eigenvalue weighted by atomic mass is 127. The highest BCUT2D eigenvalue weighted by molar-refractivity contribution is 14.0. The summed E-state index contributed by atoms with van der Waals surface area (Å²) in [5, 5.41) is 5.82. The second kappa shape index (κ2) is 10.4. The van der Waals surface area contributed by atoms with Crippen molar-refractivity contribution in [3.63, 3.8) is 0 Å². The van der Waals surface area contributed by atoms with E-state index < -0.39 is 14.6 Å². The van der Waals surface area contributed by atoms with Crippen molar-refractivity contribution in [2.75, 3.05) is 52.2 Å². The van der Waals surface area contributed by atoms with Gasteiger partial charge in [-0.3, -0.25) is 4.79 Å². The van der Waals surface area contributed by atoms with Gasteiger partial charge in [0.1, 0.15) is 6.54 Å². The van der Waals surface area contributed by atoms with Crippen molar-refractivity contribution in [3.8, 4) is 0 Å². The number of methoxy groups -OCH3 is 1. The number of hydrogen-bond donors (Lipinski definition) is 2. The predicted molar refractivity (Wildman–Crippen MR) is 106 cm³/mol. The normalized spacial score (nSPS) is 19.3. The summed E-state index contributed by atoms with van der Waals surface area (Å²) < 4.78 is 28.2. The van der Waals surface area contributed by atoms with Crippen molar-refractivity contribution >= 4 is 45.7 Å². The zero-order valence-electron chi connectivity index (χ0n) is 14.8. The molecule has 0 aromatic carbocycles. The molecule has 1 saturated heterocycles. The molecule has 1 aliphatic heterocycles. The maximum atomic E-state index is 12.1. The number of rotatable bonds is 6. The van der Waals surface area contributed by atoms with Crippen molar-refractivity contribution in [1.29, 1.82) is 0 Å². The van der Waals surface area contributed by atoms with Crippen LogP contribution in [0.25, 0.3) is 0 Å². The molecule has 0 aliphatic carbocycles. The zero-order valence-corrected chi connectivity index (χ0v) is 17.9. The molecule has 142 valence electrons. The molecule has 0 radical (unpaired) electrons. The van der Waals surface area contributed by atoms with Gasteiger partial charge in [0.2, 0.25) is 5.91 Å². The van der Waals surface area contributed by atoms with Gasteiger partial charge in [-0.25, -0.2) is 13.4 Å². The zero-order chi connectivity index (χ0) is 17.5. The van der Waals surface area contributed by atoms with E-state index in [0.29, 0.717) is 38.7 Å². The predicted octanol–water partition coefficient (Wildman–Crippen LogP) is -0.158. The average Bonchev–Trinajstić information content (AvgIpc) is 2.47. The standard InChI is InChI=1S/C14H28N4O4S.HI/c1-5-15-13(17-10-12(19)16-6-8-22-4)18-7-9-23(20,21)14(2,3)11-18;/h5-11H2,1-4H3,(H,15,17)(H,16,19);1H. The molecule has 10 heteroatoms. The van der Waals surface area contributed by atoms with E-state index in [0.717, 1.165) is 0 Å². The smallest absolute Gasteiger partial charge is 0.241 e. The van der Waals surface area contributed by atoms with E-state index in [1.807, 2.05) is 11.8 Å². The third-order valence-corrected chi connectivity index (χ3v) is 6.21. The van der Waals surface area contributed by atoms with Crippen molar-refractivity contribution in [2.24, 2.45) is 4.99 Å². The molecule has 0 bridgehead atoms. The highest BCUT2D eigenvalue weighted by Crippen LogP contribution is 2.23. The van der Waals surface area contributed by atoms with Gasteiger partial charge in [0.15, 0.2) is 15.8 Å². The average molecular weight is 476 g/mol. The Morgan fingerprint density at radius 1 is 1.33 bits per heavy atom. The van der Waals surface area contributed by atoms with Crippen LogP contribution in [-0.4, -0.2) is 82.1 Å². The molecule has 1 fully saturated rings. The van der Waals surface area contributed by atoms with Crippen LogP contribution in [-0.2, 0) is 19.4 Å². The molecule has 0 unspecified atom stereocenters. The summed E-state index contributed by atoms with van der Waals surface area (Å²) in [6.45, 7) is 7.63. The van der Waals surface area contributed by atoms with E-state index in [4.69, 9.17) is 4.74 Å². The van der Waals surface area contributed by atoms with Gasteiger partial charge < -0.3 is 20.3 Å². The molecule has 0 saturated carbocycles. The molecule has 2 N–H and O–H groups in total. The fourth-order valence-electron chi connectivity index (χ4n) is 2.25.